The van der Waals surface area contributed by atoms with Crippen molar-refractivity contribution < 1.29 is 0 Å². The summed E-state index contributed by atoms with van der Waals surface area (Å²) in [5, 5.41) is 0. The molecule has 0 atom stereocenters. The van der Waals surface area contributed by atoms with E-state index in [4.69, 9.17) is 0 Å². The van der Waals surface area contributed by atoms with Gasteiger partial charge in [0.25, 0.3) is 0 Å². The van der Waals surface area contributed by atoms with Gasteiger partial charge in [0, 0.05) is 0 Å². The van der Waals surface area contributed by atoms with Crippen LogP contribution in [0.2, 0.25) is 0 Å². The van der Waals surface area contributed by atoms with Crippen molar-refractivity contribution in [2.45, 2.75) is 26.7 Å². The fourth-order valence-electron chi connectivity index (χ4n) is 1.01. The summed E-state index contributed by atoms with van der Waals surface area (Å²) in [6.07, 6.45) is 2.68. The first-order valence-corrected chi connectivity index (χ1v) is 5.07. The van der Waals surface area contributed by atoms with Crippen LogP contribution in [0.3, 0.4) is 0 Å². The Labute approximate surface area is 77.5 Å². The molecule has 1 fully saturated rings. The second-order valence-corrected chi connectivity index (χ2v) is 3.55. The van der Waals surface area contributed by atoms with Crippen molar-refractivity contribution in [2.24, 2.45) is 0 Å². The van der Waals surface area contributed by atoms with Crippen LogP contribution < -0.4 is 0 Å². The van der Waals surface area contributed by atoms with E-state index in [1.54, 1.807) is 0 Å². The quantitative estimate of drug-likeness (QED) is 0.639. The number of rotatable bonds is 3. The molecule has 0 N–H and O–H groups in total. The molecule has 0 spiro atoms. The van der Waals surface area contributed by atoms with Gasteiger partial charge in [-0.05, 0) is 53.1 Å². The molecule has 0 aromatic carbocycles. The van der Waals surface area contributed by atoms with Gasteiger partial charge in [-0.3, -0.25) is 0 Å². The second-order valence-electron chi connectivity index (χ2n) is 3.55. The van der Waals surface area contributed by atoms with E-state index in [1.807, 2.05) is 0 Å². The van der Waals surface area contributed by atoms with Gasteiger partial charge in [0.2, 0.25) is 0 Å². The molecule has 0 amide bonds. The summed E-state index contributed by atoms with van der Waals surface area (Å²) >= 11 is 0. The number of nitrogens with zero attached hydrogens (tertiary/aromatic N) is 2. The molecule has 1 aliphatic rings. The zero-order valence-electron chi connectivity index (χ0n) is 9.14. The zero-order valence-corrected chi connectivity index (χ0v) is 9.14. The highest BCUT2D eigenvalue weighted by atomic mass is 15.1. The van der Waals surface area contributed by atoms with Gasteiger partial charge in [-0.25, -0.2) is 0 Å². The highest BCUT2D eigenvalue weighted by Crippen LogP contribution is 1.98. The average molecular weight is 172 g/mol. The molecule has 0 radical (unpaired) electrons. The Morgan fingerprint density at radius 2 is 1.75 bits per heavy atom. The largest absolute Gasteiger partial charge is 0.307 e. The van der Waals surface area contributed by atoms with Crippen molar-refractivity contribution in [1.82, 2.24) is 9.80 Å². The smallest absolute Gasteiger partial charge is 0.000959 e. The molecule has 0 aliphatic carbocycles. The molecule has 74 valence electrons. The molecule has 0 bridgehead atoms. The fraction of sp³-hybridized carbons (Fsp3) is 1.00. The number of hydrogen-bond acceptors (Lipinski definition) is 2. The maximum atomic E-state index is 2.31. The van der Waals surface area contributed by atoms with E-state index in [1.165, 1.54) is 39.0 Å². The van der Waals surface area contributed by atoms with E-state index in [0.29, 0.717) is 0 Å². The molecule has 2 heteroatoms. The lowest BCUT2D eigenvalue weighted by Crippen LogP contribution is -2.32. The summed E-state index contributed by atoms with van der Waals surface area (Å²) in [5.41, 5.74) is 0. The van der Waals surface area contributed by atoms with Crippen LogP contribution in [0.15, 0.2) is 0 Å². The molecule has 0 unspecified atom stereocenters. The van der Waals surface area contributed by atoms with E-state index in [0.717, 1.165) is 0 Å². The molecular formula is C10H24N2. The first-order valence-electron chi connectivity index (χ1n) is 5.07. The van der Waals surface area contributed by atoms with Crippen LogP contribution in [0.25, 0.3) is 0 Å². The van der Waals surface area contributed by atoms with Crippen molar-refractivity contribution in [1.29, 1.82) is 0 Å². The van der Waals surface area contributed by atoms with E-state index in [2.05, 4.69) is 37.7 Å². The summed E-state index contributed by atoms with van der Waals surface area (Å²) in [5.74, 6) is 0. The lowest BCUT2D eigenvalue weighted by atomic mass is 10.3. The Morgan fingerprint density at radius 3 is 1.83 bits per heavy atom. The summed E-state index contributed by atoms with van der Waals surface area (Å²) in [4.78, 5) is 4.61. The van der Waals surface area contributed by atoms with Gasteiger partial charge in [0.15, 0.2) is 0 Å². The maximum absolute atomic E-state index is 2.31. The van der Waals surface area contributed by atoms with Gasteiger partial charge in [-0.2, -0.15) is 0 Å². The van der Waals surface area contributed by atoms with Crippen molar-refractivity contribution >= 4 is 0 Å². The van der Waals surface area contributed by atoms with E-state index < -0.39 is 0 Å². The third kappa shape index (κ3) is 6.62. The molecule has 0 saturated carbocycles. The monoisotopic (exact) mass is 172 g/mol. The Balaban J connectivity index is 0.000000211. The van der Waals surface area contributed by atoms with Gasteiger partial charge in [0.05, 0.1) is 0 Å². The molecular weight excluding hydrogens is 148 g/mol. The van der Waals surface area contributed by atoms with E-state index in [9.17, 15) is 0 Å². The third-order valence-electron chi connectivity index (χ3n) is 2.22. The van der Waals surface area contributed by atoms with Crippen molar-refractivity contribution in [2.75, 3.05) is 40.3 Å². The molecule has 1 heterocycles. The number of hydrogen-bond donors (Lipinski definition) is 0. The highest BCUT2D eigenvalue weighted by molar-refractivity contribution is 4.61. The van der Waals surface area contributed by atoms with Gasteiger partial charge < -0.3 is 9.80 Å². The first kappa shape index (κ1) is 11.9. The first-order chi connectivity index (χ1) is 5.70. The molecule has 1 rings (SSSR count). The van der Waals surface area contributed by atoms with Gasteiger partial charge in [0.1, 0.15) is 0 Å². The van der Waals surface area contributed by atoms with Gasteiger partial charge in [-0.1, -0.05) is 13.8 Å². The van der Waals surface area contributed by atoms with E-state index >= 15 is 0 Å². The summed E-state index contributed by atoms with van der Waals surface area (Å²) in [7, 11) is 4.28. The Hall–Kier alpha value is -0.0800. The van der Waals surface area contributed by atoms with Crippen LogP contribution in [-0.2, 0) is 0 Å². The standard InChI is InChI=1S/C6H15N.C4H9N/c1-4-6-7(3)5-2;1-5-3-2-4-5/h4-6H2,1-3H3;2-4H2,1H3. The molecule has 2 nitrogen and oxygen atoms in total. The Morgan fingerprint density at radius 1 is 1.25 bits per heavy atom. The molecule has 12 heavy (non-hydrogen) atoms. The molecule has 0 aromatic rings. The maximum Gasteiger partial charge on any atom is -0.000959 e. The summed E-state index contributed by atoms with van der Waals surface area (Å²) < 4.78 is 0. The van der Waals surface area contributed by atoms with Crippen LogP contribution in [-0.4, -0.2) is 50.1 Å². The minimum absolute atomic E-state index is 1.17. The highest BCUT2D eigenvalue weighted by Gasteiger charge is 2.04. The normalized spacial score (nSPS) is 16.8. The van der Waals surface area contributed by atoms with Gasteiger partial charge >= 0.3 is 0 Å². The average Bonchev–Trinajstić information content (AvgIpc) is 2.02. The van der Waals surface area contributed by atoms with Crippen molar-refractivity contribution in [3.63, 3.8) is 0 Å². The minimum Gasteiger partial charge on any atom is -0.307 e. The lowest BCUT2D eigenvalue weighted by Gasteiger charge is -2.24. The Kier molecular flexibility index (Phi) is 7.51. The molecule has 1 saturated heterocycles. The van der Waals surface area contributed by atoms with E-state index in [-0.39, 0.29) is 0 Å². The molecule has 1 aliphatic heterocycles. The SMILES string of the molecule is CCCN(C)CC.CN1CCC1. The predicted molar refractivity (Wildman–Crippen MR) is 55.6 cm³/mol. The van der Waals surface area contributed by atoms with Crippen LogP contribution in [0.4, 0.5) is 0 Å². The topological polar surface area (TPSA) is 6.48 Å². The zero-order chi connectivity index (χ0) is 9.40. The lowest BCUT2D eigenvalue weighted by molar-refractivity contribution is 0.229. The number of likely N-dealkylation sites (tertiary alicyclic amines) is 1. The fourth-order valence-corrected chi connectivity index (χ4v) is 1.01. The van der Waals surface area contributed by atoms with Crippen LogP contribution in [0.5, 0.6) is 0 Å². The van der Waals surface area contributed by atoms with Crippen LogP contribution in [0, 0.1) is 0 Å². The third-order valence-corrected chi connectivity index (χ3v) is 2.22. The minimum atomic E-state index is 1.17. The van der Waals surface area contributed by atoms with Crippen LogP contribution >= 0.6 is 0 Å². The van der Waals surface area contributed by atoms with Crippen molar-refractivity contribution in [3.05, 3.63) is 0 Å². The Bertz CT molecular complexity index is 89.8. The second kappa shape index (κ2) is 7.56. The summed E-state index contributed by atoms with van der Waals surface area (Å²) in [6, 6.07) is 0. The van der Waals surface area contributed by atoms with Crippen LogP contribution in [0.1, 0.15) is 26.7 Å². The van der Waals surface area contributed by atoms with Gasteiger partial charge in [-0.15, -0.1) is 0 Å². The summed E-state index contributed by atoms with van der Waals surface area (Å²) in [6.45, 7) is 9.42. The predicted octanol–water partition coefficient (Wildman–Crippen LogP) is 1.67. The van der Waals surface area contributed by atoms with Crippen molar-refractivity contribution in [3.8, 4) is 0 Å². The molecule has 0 aromatic heterocycles.